The quantitative estimate of drug-likeness (QED) is 0.159. The minimum Gasteiger partial charge on any atom is -0.493 e. The van der Waals surface area contributed by atoms with Crippen molar-refractivity contribution in [2.45, 2.75) is 4.90 Å². The minimum absolute atomic E-state index is 0.00126. The zero-order valence-electron chi connectivity index (χ0n) is 19.2. The Hall–Kier alpha value is -2.74. The Morgan fingerprint density at radius 3 is 2.43 bits per heavy atom. The van der Waals surface area contributed by atoms with E-state index in [9.17, 15) is 18.0 Å². The minimum atomic E-state index is -4.15. The lowest BCUT2D eigenvalue weighted by Gasteiger charge is -2.14. The van der Waals surface area contributed by atoms with Crippen LogP contribution >= 0.6 is 46.0 Å². The lowest BCUT2D eigenvalue weighted by molar-refractivity contribution is -0.123. The molecule has 0 atom stereocenters. The number of carbonyl (C=O) groups is 2. The van der Waals surface area contributed by atoms with Crippen molar-refractivity contribution < 1.29 is 31.7 Å². The Bertz CT molecular complexity index is 1460. The molecule has 0 aliphatic carbocycles. The van der Waals surface area contributed by atoms with E-state index in [4.69, 9.17) is 25.3 Å². The molecule has 0 spiro atoms. The van der Waals surface area contributed by atoms with E-state index >= 15 is 0 Å². The molecular formula is C25H19ClINO7S2. The number of amides is 2. The van der Waals surface area contributed by atoms with E-state index in [-0.39, 0.29) is 34.5 Å². The van der Waals surface area contributed by atoms with E-state index < -0.39 is 21.3 Å². The molecule has 3 aromatic rings. The Kier molecular flexibility index (Phi) is 8.67. The van der Waals surface area contributed by atoms with Crippen molar-refractivity contribution in [2.24, 2.45) is 0 Å². The maximum atomic E-state index is 12.9. The average molecular weight is 672 g/mol. The molecular weight excluding hydrogens is 653 g/mol. The van der Waals surface area contributed by atoms with E-state index in [1.54, 1.807) is 24.3 Å². The number of hydrogen-bond acceptors (Lipinski definition) is 8. The van der Waals surface area contributed by atoms with Gasteiger partial charge in [-0.3, -0.25) is 14.5 Å². The Labute approximate surface area is 236 Å². The molecule has 1 fully saturated rings. The van der Waals surface area contributed by atoms with Gasteiger partial charge in [-0.2, -0.15) is 8.42 Å². The average Bonchev–Trinajstić information content (AvgIpc) is 3.13. The highest BCUT2D eigenvalue weighted by Crippen LogP contribution is 2.38. The summed E-state index contributed by atoms with van der Waals surface area (Å²) in [7, 11) is -2.78. The topological polar surface area (TPSA) is 99.2 Å². The number of para-hydroxylation sites is 1. The maximum absolute atomic E-state index is 12.9. The van der Waals surface area contributed by atoms with Gasteiger partial charge in [0.05, 0.1) is 22.1 Å². The number of methoxy groups -OCH3 is 1. The fourth-order valence-electron chi connectivity index (χ4n) is 3.28. The number of thioether (sulfide) groups is 1. The van der Waals surface area contributed by atoms with E-state index in [0.717, 1.165) is 16.7 Å². The van der Waals surface area contributed by atoms with Gasteiger partial charge in [0, 0.05) is 5.02 Å². The molecule has 0 unspecified atom stereocenters. The Balaban J connectivity index is 1.51. The molecule has 3 aromatic carbocycles. The summed E-state index contributed by atoms with van der Waals surface area (Å²) in [4.78, 5) is 26.6. The van der Waals surface area contributed by atoms with Crippen LogP contribution in [0.1, 0.15) is 5.56 Å². The van der Waals surface area contributed by atoms with Crippen LogP contribution in [0, 0.1) is 3.57 Å². The predicted octanol–water partition coefficient (Wildman–Crippen LogP) is 5.84. The van der Waals surface area contributed by atoms with Gasteiger partial charge in [-0.25, -0.2) is 0 Å². The third-order valence-electron chi connectivity index (χ3n) is 5.05. The number of benzene rings is 3. The van der Waals surface area contributed by atoms with Crippen molar-refractivity contribution in [3.63, 3.8) is 0 Å². The molecule has 1 heterocycles. The number of rotatable bonds is 9. The van der Waals surface area contributed by atoms with Crippen LogP contribution in [-0.4, -0.2) is 44.7 Å². The van der Waals surface area contributed by atoms with E-state index in [0.29, 0.717) is 19.9 Å². The van der Waals surface area contributed by atoms with Crippen molar-refractivity contribution in [1.82, 2.24) is 4.90 Å². The molecule has 192 valence electrons. The molecule has 1 aliphatic heterocycles. The molecule has 12 heteroatoms. The van der Waals surface area contributed by atoms with Gasteiger partial charge in [0.1, 0.15) is 17.3 Å². The monoisotopic (exact) mass is 671 g/mol. The molecule has 0 saturated carbocycles. The van der Waals surface area contributed by atoms with Crippen molar-refractivity contribution >= 4 is 73.3 Å². The summed E-state index contributed by atoms with van der Waals surface area (Å²) in [6, 6.07) is 17.8. The van der Waals surface area contributed by atoms with Gasteiger partial charge >= 0.3 is 10.1 Å². The number of imide groups is 1. The van der Waals surface area contributed by atoms with Crippen LogP contribution in [-0.2, 0) is 14.9 Å². The standard InChI is InChI=1S/C25H19ClINO7S2/c1-33-21-14-16(13-20(27)23(21)35-37(31,32)19-9-7-17(26)8-10-19)15-22-24(29)28(25(30)36-22)11-12-34-18-5-3-2-4-6-18/h2-10,13-15H,11-12H2,1H3/b22-15-. The summed E-state index contributed by atoms with van der Waals surface area (Å²) in [5.41, 5.74) is 0.531. The first-order chi connectivity index (χ1) is 17.7. The number of ether oxygens (including phenoxy) is 2. The van der Waals surface area contributed by atoms with Gasteiger partial charge in [0.25, 0.3) is 11.1 Å². The fraction of sp³-hybridized carbons (Fsp3) is 0.120. The second kappa shape index (κ2) is 11.8. The fourth-order valence-corrected chi connectivity index (χ4v) is 6.11. The van der Waals surface area contributed by atoms with Crippen molar-refractivity contribution in [3.05, 3.63) is 85.8 Å². The summed E-state index contributed by atoms with van der Waals surface area (Å²) in [5.74, 6) is 0.353. The predicted molar refractivity (Wildman–Crippen MR) is 150 cm³/mol. The molecule has 0 bridgehead atoms. The molecule has 0 aromatic heterocycles. The lowest BCUT2D eigenvalue weighted by Crippen LogP contribution is -2.32. The zero-order chi connectivity index (χ0) is 26.6. The molecule has 0 N–H and O–H groups in total. The van der Waals surface area contributed by atoms with Crippen LogP contribution in [0.2, 0.25) is 5.02 Å². The van der Waals surface area contributed by atoms with Crippen LogP contribution < -0.4 is 13.7 Å². The molecule has 8 nitrogen and oxygen atoms in total. The lowest BCUT2D eigenvalue weighted by atomic mass is 10.2. The second-order valence-electron chi connectivity index (χ2n) is 7.52. The molecule has 1 aliphatic rings. The van der Waals surface area contributed by atoms with Gasteiger partial charge < -0.3 is 13.7 Å². The maximum Gasteiger partial charge on any atom is 0.339 e. The Morgan fingerprint density at radius 1 is 1.05 bits per heavy atom. The molecule has 4 rings (SSSR count). The van der Waals surface area contributed by atoms with Crippen molar-refractivity contribution in [3.8, 4) is 17.2 Å². The van der Waals surface area contributed by atoms with Crippen LogP contribution in [0.15, 0.2) is 76.5 Å². The van der Waals surface area contributed by atoms with E-state index in [1.807, 2.05) is 40.8 Å². The van der Waals surface area contributed by atoms with Crippen molar-refractivity contribution in [1.29, 1.82) is 0 Å². The normalized spacial score (nSPS) is 14.8. The van der Waals surface area contributed by atoms with E-state index in [1.165, 1.54) is 37.4 Å². The third-order valence-corrected chi connectivity index (χ3v) is 8.24. The Morgan fingerprint density at radius 2 is 1.76 bits per heavy atom. The number of carbonyl (C=O) groups excluding carboxylic acids is 2. The second-order valence-corrected chi connectivity index (χ2v) is 11.7. The number of nitrogens with zero attached hydrogens (tertiary/aromatic N) is 1. The third kappa shape index (κ3) is 6.58. The number of hydrogen-bond donors (Lipinski definition) is 0. The summed E-state index contributed by atoms with van der Waals surface area (Å²) in [6.07, 6.45) is 1.55. The SMILES string of the molecule is COc1cc(/C=C2\SC(=O)N(CCOc3ccccc3)C2=O)cc(I)c1OS(=O)(=O)c1ccc(Cl)cc1. The van der Waals surface area contributed by atoms with Gasteiger partial charge in [-0.1, -0.05) is 29.8 Å². The summed E-state index contributed by atoms with van der Waals surface area (Å²) in [6.45, 7) is 0.266. The van der Waals surface area contributed by atoms with Crippen LogP contribution in [0.25, 0.3) is 6.08 Å². The highest BCUT2D eigenvalue weighted by molar-refractivity contribution is 14.1. The smallest absolute Gasteiger partial charge is 0.339 e. The first kappa shape index (κ1) is 27.3. The van der Waals surface area contributed by atoms with Gasteiger partial charge in [-0.05, 0) is 94.5 Å². The summed E-state index contributed by atoms with van der Waals surface area (Å²) >= 11 is 8.58. The van der Waals surface area contributed by atoms with Gasteiger partial charge in [-0.15, -0.1) is 0 Å². The van der Waals surface area contributed by atoms with E-state index in [2.05, 4.69) is 0 Å². The first-order valence-electron chi connectivity index (χ1n) is 10.7. The largest absolute Gasteiger partial charge is 0.493 e. The van der Waals surface area contributed by atoms with Crippen LogP contribution in [0.4, 0.5) is 4.79 Å². The highest BCUT2D eigenvalue weighted by Gasteiger charge is 2.35. The highest BCUT2D eigenvalue weighted by atomic mass is 127. The molecule has 37 heavy (non-hydrogen) atoms. The molecule has 2 amide bonds. The molecule has 1 saturated heterocycles. The van der Waals surface area contributed by atoms with Gasteiger partial charge in [0.15, 0.2) is 11.5 Å². The van der Waals surface area contributed by atoms with Crippen LogP contribution in [0.5, 0.6) is 17.2 Å². The number of halogens is 2. The van der Waals surface area contributed by atoms with Gasteiger partial charge in [0.2, 0.25) is 0 Å². The molecule has 0 radical (unpaired) electrons. The summed E-state index contributed by atoms with van der Waals surface area (Å²) < 4.78 is 42.3. The first-order valence-corrected chi connectivity index (χ1v) is 14.4. The van der Waals surface area contributed by atoms with Crippen molar-refractivity contribution in [2.75, 3.05) is 20.3 Å². The van der Waals surface area contributed by atoms with Crippen LogP contribution in [0.3, 0.4) is 0 Å². The zero-order valence-corrected chi connectivity index (χ0v) is 23.8. The summed E-state index contributed by atoms with van der Waals surface area (Å²) in [5, 5.41) is -0.00724.